The highest BCUT2D eigenvalue weighted by molar-refractivity contribution is 5.22. The van der Waals surface area contributed by atoms with Crippen molar-refractivity contribution in [2.75, 3.05) is 0 Å². The smallest absolute Gasteiger partial charge is 0.0385 e. The van der Waals surface area contributed by atoms with E-state index in [1.165, 1.54) is 5.56 Å². The van der Waals surface area contributed by atoms with Crippen LogP contribution in [0.3, 0.4) is 0 Å². The average Bonchev–Trinajstić information content (AvgIpc) is 2.12. The van der Waals surface area contributed by atoms with E-state index in [2.05, 4.69) is 34.3 Å². The van der Waals surface area contributed by atoms with Crippen LogP contribution in [0.4, 0.5) is 0 Å². The van der Waals surface area contributed by atoms with Crippen LogP contribution in [0.15, 0.2) is 35.4 Å². The van der Waals surface area contributed by atoms with Gasteiger partial charge in [-0.1, -0.05) is 35.4 Å². The molecule has 0 unspecified atom stereocenters. The van der Waals surface area contributed by atoms with Crippen LogP contribution < -0.4 is 0 Å². The molecule has 1 saturated carbocycles. The third-order valence-electron chi connectivity index (χ3n) is 2.60. The van der Waals surface area contributed by atoms with Gasteiger partial charge in [-0.3, -0.25) is 0 Å². The van der Waals surface area contributed by atoms with Gasteiger partial charge in [-0.25, -0.2) is 0 Å². The molecule has 66 valence electrons. The van der Waals surface area contributed by atoms with Gasteiger partial charge in [0.15, 0.2) is 0 Å². The molecule has 1 fully saturated rings. The molecule has 0 aromatic heterocycles. The van der Waals surface area contributed by atoms with E-state index >= 15 is 0 Å². The Morgan fingerprint density at radius 1 is 1.23 bits per heavy atom. The zero-order valence-electron chi connectivity index (χ0n) is 7.30. The Morgan fingerprint density at radius 3 is 2.54 bits per heavy atom. The van der Waals surface area contributed by atoms with Gasteiger partial charge in [0.05, 0.1) is 0 Å². The Kier molecular flexibility index (Phi) is 2.19. The molecular weight excluding hydrogens is 162 g/mol. The van der Waals surface area contributed by atoms with Crippen molar-refractivity contribution in [2.45, 2.75) is 24.8 Å². The summed E-state index contributed by atoms with van der Waals surface area (Å²) in [7, 11) is 0. The van der Waals surface area contributed by atoms with Gasteiger partial charge in [0, 0.05) is 11.0 Å². The molecule has 1 aliphatic carbocycles. The third-order valence-corrected chi connectivity index (χ3v) is 2.60. The van der Waals surface area contributed by atoms with Crippen molar-refractivity contribution in [3.8, 4) is 0 Å². The zero-order chi connectivity index (χ0) is 9.10. The molecule has 1 aliphatic rings. The van der Waals surface area contributed by atoms with Gasteiger partial charge in [0.25, 0.3) is 0 Å². The molecule has 3 heteroatoms. The van der Waals surface area contributed by atoms with E-state index in [1.54, 1.807) is 0 Å². The Hall–Kier alpha value is -1.47. The molecule has 0 aliphatic heterocycles. The summed E-state index contributed by atoms with van der Waals surface area (Å²) in [6.07, 6.45) is 2.02. The molecule has 3 nitrogen and oxygen atoms in total. The highest BCUT2D eigenvalue weighted by Crippen LogP contribution is 2.38. The minimum atomic E-state index is 0.232. The molecule has 0 heterocycles. The average molecular weight is 173 g/mol. The summed E-state index contributed by atoms with van der Waals surface area (Å²) in [5, 5.41) is 3.69. The summed E-state index contributed by atoms with van der Waals surface area (Å²) in [6, 6.07) is 10.6. The fourth-order valence-electron chi connectivity index (χ4n) is 1.75. The van der Waals surface area contributed by atoms with Crippen LogP contribution in [0.5, 0.6) is 0 Å². The van der Waals surface area contributed by atoms with E-state index in [1.807, 2.05) is 6.07 Å². The molecule has 2 rings (SSSR count). The summed E-state index contributed by atoms with van der Waals surface area (Å²) in [5.74, 6) is 0.608. The van der Waals surface area contributed by atoms with E-state index in [9.17, 15) is 0 Å². The maximum absolute atomic E-state index is 8.22. The number of rotatable bonds is 2. The standard InChI is InChI=1S/C10H11N3/c11-13-12-10-6-9(7-10)8-4-2-1-3-5-8/h1-5,9-10H,6-7H2. The minimum absolute atomic E-state index is 0.232. The van der Waals surface area contributed by atoms with E-state index in [0.717, 1.165) is 12.8 Å². The lowest BCUT2D eigenvalue weighted by molar-refractivity contribution is 0.351. The van der Waals surface area contributed by atoms with E-state index in [-0.39, 0.29) is 6.04 Å². The topological polar surface area (TPSA) is 48.8 Å². The number of azide groups is 1. The highest BCUT2D eigenvalue weighted by Gasteiger charge is 2.28. The summed E-state index contributed by atoms with van der Waals surface area (Å²) in [6.45, 7) is 0. The first kappa shape index (κ1) is 8.14. The molecule has 0 saturated heterocycles. The lowest BCUT2D eigenvalue weighted by atomic mass is 9.76. The SMILES string of the molecule is [N-]=[N+]=NC1CC(c2ccccc2)C1. The van der Waals surface area contributed by atoms with Crippen LogP contribution in [0.1, 0.15) is 24.3 Å². The fourth-order valence-corrected chi connectivity index (χ4v) is 1.75. The Morgan fingerprint density at radius 2 is 1.92 bits per heavy atom. The number of hydrogen-bond donors (Lipinski definition) is 0. The minimum Gasteiger partial charge on any atom is -0.0906 e. The maximum atomic E-state index is 8.22. The van der Waals surface area contributed by atoms with Crippen LogP contribution in [0.2, 0.25) is 0 Å². The summed E-state index contributed by atoms with van der Waals surface area (Å²) < 4.78 is 0. The molecule has 0 atom stereocenters. The van der Waals surface area contributed by atoms with Gasteiger partial charge in [-0.2, -0.15) is 0 Å². The molecule has 1 aromatic carbocycles. The van der Waals surface area contributed by atoms with Gasteiger partial charge >= 0.3 is 0 Å². The summed E-state index contributed by atoms with van der Waals surface area (Å²) >= 11 is 0. The maximum Gasteiger partial charge on any atom is 0.0385 e. The van der Waals surface area contributed by atoms with E-state index < -0.39 is 0 Å². The van der Waals surface area contributed by atoms with Crippen molar-refractivity contribution in [2.24, 2.45) is 5.11 Å². The lowest BCUT2D eigenvalue weighted by Gasteiger charge is -2.32. The molecular formula is C10H11N3. The normalized spacial score (nSPS) is 25.8. The first-order valence-electron chi connectivity index (χ1n) is 4.49. The second kappa shape index (κ2) is 3.50. The van der Waals surface area contributed by atoms with Crippen LogP contribution in [0, 0.1) is 0 Å². The number of benzene rings is 1. The van der Waals surface area contributed by atoms with Crippen molar-refractivity contribution in [1.29, 1.82) is 0 Å². The van der Waals surface area contributed by atoms with Crippen LogP contribution >= 0.6 is 0 Å². The Bertz CT molecular complexity index is 321. The molecule has 0 amide bonds. The van der Waals surface area contributed by atoms with Crippen molar-refractivity contribution < 1.29 is 0 Å². The third kappa shape index (κ3) is 1.65. The van der Waals surface area contributed by atoms with Crippen molar-refractivity contribution in [3.63, 3.8) is 0 Å². The molecule has 0 N–H and O–H groups in total. The quantitative estimate of drug-likeness (QED) is 0.374. The van der Waals surface area contributed by atoms with Crippen LogP contribution in [-0.4, -0.2) is 6.04 Å². The molecule has 13 heavy (non-hydrogen) atoms. The van der Waals surface area contributed by atoms with Gasteiger partial charge in [-0.05, 0) is 29.9 Å². The second-order valence-corrected chi connectivity index (χ2v) is 3.44. The lowest BCUT2D eigenvalue weighted by Crippen LogP contribution is -2.24. The van der Waals surface area contributed by atoms with Crippen LogP contribution in [-0.2, 0) is 0 Å². The van der Waals surface area contributed by atoms with Crippen molar-refractivity contribution in [1.82, 2.24) is 0 Å². The molecule has 1 aromatic rings. The van der Waals surface area contributed by atoms with Gasteiger partial charge in [0.1, 0.15) is 0 Å². The van der Waals surface area contributed by atoms with Gasteiger partial charge in [0.2, 0.25) is 0 Å². The van der Waals surface area contributed by atoms with Crippen molar-refractivity contribution in [3.05, 3.63) is 46.3 Å². The van der Waals surface area contributed by atoms with Crippen LogP contribution in [0.25, 0.3) is 10.4 Å². The first-order valence-corrected chi connectivity index (χ1v) is 4.49. The number of hydrogen-bond acceptors (Lipinski definition) is 1. The van der Waals surface area contributed by atoms with Gasteiger partial charge < -0.3 is 0 Å². The Labute approximate surface area is 77.0 Å². The largest absolute Gasteiger partial charge is 0.0906 e. The van der Waals surface area contributed by atoms with Gasteiger partial charge in [-0.15, -0.1) is 0 Å². The first-order chi connectivity index (χ1) is 6.40. The highest BCUT2D eigenvalue weighted by atomic mass is 15.2. The molecule has 0 radical (unpaired) electrons. The predicted octanol–water partition coefficient (Wildman–Crippen LogP) is 3.24. The number of nitrogens with zero attached hydrogens (tertiary/aromatic N) is 3. The second-order valence-electron chi connectivity index (χ2n) is 3.44. The predicted molar refractivity (Wildman–Crippen MR) is 51.4 cm³/mol. The van der Waals surface area contributed by atoms with Crippen molar-refractivity contribution >= 4 is 0 Å². The molecule has 0 spiro atoms. The van der Waals surface area contributed by atoms with E-state index in [4.69, 9.17) is 5.53 Å². The monoisotopic (exact) mass is 173 g/mol. The summed E-state index contributed by atoms with van der Waals surface area (Å²) in [5.41, 5.74) is 9.58. The fraction of sp³-hybridized carbons (Fsp3) is 0.400. The van der Waals surface area contributed by atoms with E-state index in [0.29, 0.717) is 5.92 Å². The molecule has 0 bridgehead atoms. The summed E-state index contributed by atoms with van der Waals surface area (Å²) in [4.78, 5) is 2.81. The Balaban J connectivity index is 1.97. The zero-order valence-corrected chi connectivity index (χ0v) is 7.30.